The first kappa shape index (κ1) is 25.0. The van der Waals surface area contributed by atoms with E-state index in [1.54, 1.807) is 14.2 Å². The molecule has 4 aromatic rings. The van der Waals surface area contributed by atoms with E-state index < -0.39 is 0 Å². The van der Waals surface area contributed by atoms with Gasteiger partial charge < -0.3 is 14.4 Å². The first-order chi connectivity index (χ1) is 18.1. The van der Waals surface area contributed by atoms with Crippen LogP contribution in [0.5, 0.6) is 11.5 Å². The van der Waals surface area contributed by atoms with Gasteiger partial charge in [0.05, 0.1) is 31.0 Å². The van der Waals surface area contributed by atoms with Crippen molar-refractivity contribution < 1.29 is 9.47 Å². The van der Waals surface area contributed by atoms with Crippen molar-refractivity contribution >= 4 is 16.9 Å². The molecule has 1 aliphatic rings. The molecule has 194 valence electrons. The number of nitrogens with zero attached hydrogens (tertiary/aromatic N) is 6. The summed E-state index contributed by atoms with van der Waals surface area (Å²) in [6, 6.07) is 16.3. The van der Waals surface area contributed by atoms with E-state index in [0.29, 0.717) is 0 Å². The quantitative estimate of drug-likeness (QED) is 0.327. The number of para-hydroxylation sites is 2. The SMILES string of the molecule is CCCCc1nc(N2CCN(Cc3cccc(OC)c3OC)CC2)c2c(C)nn(-c3ccccc3)c2n1. The minimum absolute atomic E-state index is 0.771. The molecule has 0 aliphatic carbocycles. The van der Waals surface area contributed by atoms with Gasteiger partial charge >= 0.3 is 0 Å². The number of unbranched alkanes of at least 4 members (excludes halogenated alkanes) is 1. The lowest BCUT2D eigenvalue weighted by Crippen LogP contribution is -2.46. The van der Waals surface area contributed by atoms with E-state index in [9.17, 15) is 0 Å². The zero-order chi connectivity index (χ0) is 25.8. The van der Waals surface area contributed by atoms with Gasteiger partial charge in [0.25, 0.3) is 0 Å². The van der Waals surface area contributed by atoms with Crippen LogP contribution in [0.4, 0.5) is 5.82 Å². The summed E-state index contributed by atoms with van der Waals surface area (Å²) in [4.78, 5) is 15.0. The zero-order valence-electron chi connectivity index (χ0n) is 22.3. The van der Waals surface area contributed by atoms with Crippen molar-refractivity contribution in [3.63, 3.8) is 0 Å². The molecule has 2 aromatic heterocycles. The fourth-order valence-electron chi connectivity index (χ4n) is 5.07. The van der Waals surface area contributed by atoms with Gasteiger partial charge in [-0.05, 0) is 31.5 Å². The first-order valence-electron chi connectivity index (χ1n) is 13.1. The van der Waals surface area contributed by atoms with Crippen molar-refractivity contribution in [2.75, 3.05) is 45.3 Å². The molecule has 37 heavy (non-hydrogen) atoms. The van der Waals surface area contributed by atoms with Crippen molar-refractivity contribution in [2.24, 2.45) is 0 Å². The van der Waals surface area contributed by atoms with Gasteiger partial charge in [0.15, 0.2) is 17.1 Å². The van der Waals surface area contributed by atoms with Crippen LogP contribution in [0, 0.1) is 6.92 Å². The number of hydrogen-bond donors (Lipinski definition) is 0. The predicted molar refractivity (Wildman–Crippen MR) is 147 cm³/mol. The number of aryl methyl sites for hydroxylation is 2. The van der Waals surface area contributed by atoms with Crippen LogP contribution in [-0.2, 0) is 13.0 Å². The summed E-state index contributed by atoms with van der Waals surface area (Å²) in [6.07, 6.45) is 3.05. The van der Waals surface area contributed by atoms with E-state index in [-0.39, 0.29) is 0 Å². The molecule has 0 amide bonds. The molecule has 0 unspecified atom stereocenters. The molecular formula is C29H36N6O2. The normalized spacial score (nSPS) is 14.3. The molecule has 8 heteroatoms. The number of hydrogen-bond acceptors (Lipinski definition) is 7. The summed E-state index contributed by atoms with van der Waals surface area (Å²) < 4.78 is 13.1. The second kappa shape index (κ2) is 11.2. The maximum absolute atomic E-state index is 5.66. The zero-order valence-corrected chi connectivity index (χ0v) is 22.3. The van der Waals surface area contributed by atoms with E-state index in [2.05, 4.69) is 41.8 Å². The van der Waals surface area contributed by atoms with Crippen LogP contribution in [0.3, 0.4) is 0 Å². The van der Waals surface area contributed by atoms with Gasteiger partial charge in [0, 0.05) is 44.7 Å². The van der Waals surface area contributed by atoms with Crippen LogP contribution in [0.15, 0.2) is 48.5 Å². The number of anilines is 1. The second-order valence-corrected chi connectivity index (χ2v) is 9.51. The number of benzene rings is 2. The Hall–Kier alpha value is -3.65. The maximum atomic E-state index is 5.66. The van der Waals surface area contributed by atoms with Crippen molar-refractivity contribution in [2.45, 2.75) is 39.7 Å². The largest absolute Gasteiger partial charge is 0.493 e. The summed E-state index contributed by atoms with van der Waals surface area (Å²) in [5, 5.41) is 5.94. The van der Waals surface area contributed by atoms with Gasteiger partial charge in [-0.25, -0.2) is 14.6 Å². The topological polar surface area (TPSA) is 68.5 Å². The van der Waals surface area contributed by atoms with E-state index >= 15 is 0 Å². The average molecular weight is 501 g/mol. The highest BCUT2D eigenvalue weighted by Gasteiger charge is 2.25. The summed E-state index contributed by atoms with van der Waals surface area (Å²) >= 11 is 0. The fourth-order valence-corrected chi connectivity index (χ4v) is 5.07. The molecule has 1 aliphatic heterocycles. The van der Waals surface area contributed by atoms with E-state index in [1.165, 1.54) is 0 Å². The fraction of sp³-hybridized carbons (Fsp3) is 0.414. The van der Waals surface area contributed by atoms with Gasteiger partial charge in [-0.15, -0.1) is 0 Å². The number of methoxy groups -OCH3 is 2. The Balaban J connectivity index is 1.42. The number of fused-ring (bicyclic) bond motifs is 1. The molecular weight excluding hydrogens is 464 g/mol. The molecule has 0 spiro atoms. The third-order valence-electron chi connectivity index (χ3n) is 7.03. The van der Waals surface area contributed by atoms with Gasteiger partial charge in [-0.3, -0.25) is 4.90 Å². The molecule has 0 saturated carbocycles. The van der Waals surface area contributed by atoms with Gasteiger partial charge in [-0.2, -0.15) is 5.10 Å². The van der Waals surface area contributed by atoms with Crippen molar-refractivity contribution in [1.82, 2.24) is 24.6 Å². The molecule has 2 aromatic carbocycles. The minimum Gasteiger partial charge on any atom is -0.493 e. The first-order valence-corrected chi connectivity index (χ1v) is 13.1. The van der Waals surface area contributed by atoms with Crippen LogP contribution in [0.25, 0.3) is 16.7 Å². The average Bonchev–Trinajstić information content (AvgIpc) is 3.28. The highest BCUT2D eigenvalue weighted by molar-refractivity contribution is 5.91. The molecule has 0 N–H and O–H groups in total. The van der Waals surface area contributed by atoms with Gasteiger partial charge in [-0.1, -0.05) is 43.7 Å². The second-order valence-electron chi connectivity index (χ2n) is 9.51. The Labute approximate surface area is 218 Å². The minimum atomic E-state index is 0.771. The number of aromatic nitrogens is 4. The molecule has 3 heterocycles. The lowest BCUT2D eigenvalue weighted by atomic mass is 10.1. The summed E-state index contributed by atoms with van der Waals surface area (Å²) in [5.41, 5.74) is 4.01. The third kappa shape index (κ3) is 5.11. The molecule has 1 fully saturated rings. The standard InChI is InChI=1S/C29H36N6O2/c1-5-6-15-25-30-28(26-21(2)32-35(29(26)31-25)23-12-8-7-9-13-23)34-18-16-33(17-19-34)20-22-11-10-14-24(36-3)27(22)37-4/h7-14H,5-6,15-20H2,1-4H3. The third-order valence-corrected chi connectivity index (χ3v) is 7.03. The monoisotopic (exact) mass is 500 g/mol. The highest BCUT2D eigenvalue weighted by atomic mass is 16.5. The summed E-state index contributed by atoms with van der Waals surface area (Å²) in [7, 11) is 3.38. The maximum Gasteiger partial charge on any atom is 0.168 e. The Kier molecular flexibility index (Phi) is 7.55. The van der Waals surface area contributed by atoms with Crippen LogP contribution >= 0.6 is 0 Å². The Morgan fingerprint density at radius 3 is 2.38 bits per heavy atom. The van der Waals surface area contributed by atoms with Crippen molar-refractivity contribution in [1.29, 1.82) is 0 Å². The van der Waals surface area contributed by atoms with Gasteiger partial charge in [0.1, 0.15) is 11.6 Å². The van der Waals surface area contributed by atoms with E-state index in [0.717, 1.165) is 103 Å². The smallest absolute Gasteiger partial charge is 0.168 e. The van der Waals surface area contributed by atoms with Crippen LogP contribution in [0.2, 0.25) is 0 Å². The lowest BCUT2D eigenvalue weighted by molar-refractivity contribution is 0.244. The Morgan fingerprint density at radius 2 is 1.68 bits per heavy atom. The summed E-state index contributed by atoms with van der Waals surface area (Å²) in [6.45, 7) is 8.73. The summed E-state index contributed by atoms with van der Waals surface area (Å²) in [5.74, 6) is 3.49. The van der Waals surface area contributed by atoms with E-state index in [1.807, 2.05) is 35.0 Å². The molecule has 0 atom stereocenters. The molecule has 5 rings (SSSR count). The van der Waals surface area contributed by atoms with Crippen LogP contribution in [0.1, 0.15) is 36.8 Å². The van der Waals surface area contributed by atoms with E-state index in [4.69, 9.17) is 24.5 Å². The number of rotatable bonds is 9. The molecule has 0 radical (unpaired) electrons. The Bertz CT molecular complexity index is 1350. The Morgan fingerprint density at radius 1 is 0.892 bits per heavy atom. The van der Waals surface area contributed by atoms with Crippen molar-refractivity contribution in [3.8, 4) is 17.2 Å². The van der Waals surface area contributed by atoms with Crippen LogP contribution in [-0.4, -0.2) is 65.0 Å². The van der Waals surface area contributed by atoms with Gasteiger partial charge in [0.2, 0.25) is 0 Å². The highest BCUT2D eigenvalue weighted by Crippen LogP contribution is 2.33. The molecule has 1 saturated heterocycles. The number of piperazine rings is 1. The predicted octanol–water partition coefficient (Wildman–Crippen LogP) is 4.81. The van der Waals surface area contributed by atoms with Crippen LogP contribution < -0.4 is 14.4 Å². The number of ether oxygens (including phenoxy) is 2. The lowest BCUT2D eigenvalue weighted by Gasteiger charge is -2.36. The van der Waals surface area contributed by atoms with Crippen molar-refractivity contribution in [3.05, 3.63) is 65.6 Å². The molecule has 8 nitrogen and oxygen atoms in total. The molecule has 0 bridgehead atoms.